The summed E-state index contributed by atoms with van der Waals surface area (Å²) in [6.07, 6.45) is 2.66. The van der Waals surface area contributed by atoms with E-state index in [2.05, 4.69) is 46.0 Å². The van der Waals surface area contributed by atoms with Crippen LogP contribution in [0, 0.1) is 0 Å². The fraction of sp³-hybridized carbons (Fsp3) is 0.286. The maximum absolute atomic E-state index is 2.51. The van der Waals surface area contributed by atoms with Gasteiger partial charge in [0.1, 0.15) is 0 Å². The van der Waals surface area contributed by atoms with Crippen molar-refractivity contribution in [2.45, 2.75) is 12.8 Å². The van der Waals surface area contributed by atoms with Gasteiger partial charge in [0.2, 0.25) is 0 Å². The smallest absolute Gasteiger partial charge is 0.0446 e. The lowest BCUT2D eigenvalue weighted by atomic mass is 10.1. The van der Waals surface area contributed by atoms with E-state index in [0.717, 1.165) is 0 Å². The molecule has 2 heterocycles. The van der Waals surface area contributed by atoms with Crippen LogP contribution in [0.2, 0.25) is 0 Å². The van der Waals surface area contributed by atoms with Gasteiger partial charge in [-0.25, -0.2) is 0 Å². The van der Waals surface area contributed by atoms with E-state index < -0.39 is 0 Å². The fourth-order valence-electron chi connectivity index (χ4n) is 2.37. The van der Waals surface area contributed by atoms with Crippen LogP contribution in [0.3, 0.4) is 0 Å². The second-order valence-corrected chi connectivity index (χ2v) is 5.00. The van der Waals surface area contributed by atoms with E-state index in [1.165, 1.54) is 42.7 Å². The Balaban J connectivity index is 2.04. The van der Waals surface area contributed by atoms with Crippen molar-refractivity contribution in [2.75, 3.05) is 18.0 Å². The van der Waals surface area contributed by atoms with Crippen molar-refractivity contribution < 1.29 is 0 Å². The topological polar surface area (TPSA) is 3.24 Å². The molecule has 2 aromatic rings. The lowest BCUT2D eigenvalue weighted by Gasteiger charge is -2.20. The monoisotopic (exact) mass is 229 g/mol. The van der Waals surface area contributed by atoms with E-state index in [1.807, 2.05) is 0 Å². The first-order valence-corrected chi connectivity index (χ1v) is 6.76. The predicted molar refractivity (Wildman–Crippen MR) is 71.2 cm³/mol. The molecule has 3 rings (SSSR count). The lowest BCUT2D eigenvalue weighted by Crippen LogP contribution is -2.18. The van der Waals surface area contributed by atoms with Gasteiger partial charge in [-0.05, 0) is 41.3 Å². The summed E-state index contributed by atoms with van der Waals surface area (Å²) in [6, 6.07) is 11.0. The number of benzene rings is 1. The molecule has 0 unspecified atom stereocenters. The van der Waals surface area contributed by atoms with Crippen LogP contribution in [0.15, 0.2) is 41.1 Å². The van der Waals surface area contributed by atoms with Gasteiger partial charge in [-0.3, -0.25) is 0 Å². The van der Waals surface area contributed by atoms with Gasteiger partial charge < -0.3 is 4.90 Å². The van der Waals surface area contributed by atoms with Crippen LogP contribution in [0.4, 0.5) is 5.69 Å². The van der Waals surface area contributed by atoms with Crippen molar-refractivity contribution in [3.8, 4) is 11.1 Å². The first-order valence-electron chi connectivity index (χ1n) is 5.82. The summed E-state index contributed by atoms with van der Waals surface area (Å²) in [7, 11) is 0. The van der Waals surface area contributed by atoms with Crippen LogP contribution in [-0.4, -0.2) is 13.1 Å². The predicted octanol–water partition coefficient (Wildman–Crippen LogP) is 4.02. The number of nitrogens with zero attached hydrogens (tertiary/aromatic N) is 1. The molecule has 0 saturated carbocycles. The van der Waals surface area contributed by atoms with Gasteiger partial charge in [-0.2, -0.15) is 11.3 Å². The highest BCUT2D eigenvalue weighted by atomic mass is 32.1. The highest BCUT2D eigenvalue weighted by Crippen LogP contribution is 2.33. The number of thiophene rings is 1. The molecule has 1 aliphatic heterocycles. The number of hydrogen-bond donors (Lipinski definition) is 0. The molecule has 1 aromatic heterocycles. The van der Waals surface area contributed by atoms with E-state index >= 15 is 0 Å². The molecule has 82 valence electrons. The van der Waals surface area contributed by atoms with Crippen molar-refractivity contribution in [3.05, 3.63) is 41.1 Å². The van der Waals surface area contributed by atoms with E-state index in [-0.39, 0.29) is 0 Å². The average molecular weight is 229 g/mol. The summed E-state index contributed by atoms with van der Waals surface area (Å²) in [6.45, 7) is 2.42. The molecule has 0 radical (unpaired) electrons. The zero-order valence-corrected chi connectivity index (χ0v) is 10.0. The van der Waals surface area contributed by atoms with Crippen molar-refractivity contribution in [3.63, 3.8) is 0 Å². The highest BCUT2D eigenvalue weighted by Gasteiger charge is 2.15. The van der Waals surface area contributed by atoms with Gasteiger partial charge in [0.05, 0.1) is 0 Å². The van der Waals surface area contributed by atoms with Gasteiger partial charge in [-0.15, -0.1) is 0 Å². The second-order valence-electron chi connectivity index (χ2n) is 4.22. The second kappa shape index (κ2) is 4.30. The Morgan fingerprint density at radius 3 is 2.56 bits per heavy atom. The molecule has 1 saturated heterocycles. The van der Waals surface area contributed by atoms with E-state index in [4.69, 9.17) is 0 Å². The maximum Gasteiger partial charge on any atom is 0.0446 e. The van der Waals surface area contributed by atoms with Crippen LogP contribution in [0.1, 0.15) is 12.8 Å². The number of anilines is 1. The zero-order valence-electron chi connectivity index (χ0n) is 9.23. The summed E-state index contributed by atoms with van der Waals surface area (Å²) in [5, 5.41) is 4.38. The Bertz CT molecular complexity index is 455. The van der Waals surface area contributed by atoms with Crippen LogP contribution in [-0.2, 0) is 0 Å². The van der Waals surface area contributed by atoms with Crippen LogP contribution in [0.25, 0.3) is 11.1 Å². The first-order chi connectivity index (χ1) is 7.95. The Morgan fingerprint density at radius 2 is 1.81 bits per heavy atom. The largest absolute Gasteiger partial charge is 0.371 e. The van der Waals surface area contributed by atoms with Gasteiger partial charge in [0.15, 0.2) is 0 Å². The lowest BCUT2D eigenvalue weighted by molar-refractivity contribution is 0.949. The Labute approximate surface area is 100 Å². The minimum absolute atomic E-state index is 1.21. The normalized spacial score (nSPS) is 15.6. The highest BCUT2D eigenvalue weighted by molar-refractivity contribution is 7.08. The SMILES string of the molecule is c1ccc(N2CCCC2)c(-c2ccsc2)c1. The molecule has 0 spiro atoms. The molecule has 1 fully saturated rings. The molecule has 0 atom stereocenters. The van der Waals surface area contributed by atoms with E-state index in [9.17, 15) is 0 Å². The third kappa shape index (κ3) is 1.74. The van der Waals surface area contributed by atoms with Gasteiger partial charge in [0.25, 0.3) is 0 Å². The van der Waals surface area contributed by atoms with Gasteiger partial charge >= 0.3 is 0 Å². The van der Waals surface area contributed by atoms with Crippen molar-refractivity contribution in [2.24, 2.45) is 0 Å². The molecular formula is C14H15NS. The summed E-state index contributed by atoms with van der Waals surface area (Å²) >= 11 is 1.77. The Hall–Kier alpha value is -1.28. The molecule has 2 heteroatoms. The molecule has 1 aliphatic rings. The minimum Gasteiger partial charge on any atom is -0.371 e. The molecule has 1 aromatic carbocycles. The van der Waals surface area contributed by atoms with Crippen LogP contribution < -0.4 is 4.90 Å². The standard InChI is InChI=1S/C14H15NS/c1-2-6-14(15-8-3-4-9-15)13(5-1)12-7-10-16-11-12/h1-2,5-7,10-11H,3-4,8-9H2. The summed E-state index contributed by atoms with van der Waals surface area (Å²) < 4.78 is 0. The van der Waals surface area contributed by atoms with Crippen molar-refractivity contribution in [1.82, 2.24) is 0 Å². The molecule has 0 amide bonds. The van der Waals surface area contributed by atoms with Crippen LogP contribution >= 0.6 is 11.3 Å². The maximum atomic E-state index is 2.51. The quantitative estimate of drug-likeness (QED) is 0.752. The van der Waals surface area contributed by atoms with E-state index in [0.29, 0.717) is 0 Å². The minimum atomic E-state index is 1.21. The fourth-order valence-corrected chi connectivity index (χ4v) is 3.03. The molecule has 0 aliphatic carbocycles. The van der Waals surface area contributed by atoms with E-state index in [1.54, 1.807) is 11.3 Å². The number of rotatable bonds is 2. The van der Waals surface area contributed by atoms with Crippen LogP contribution in [0.5, 0.6) is 0 Å². The summed E-state index contributed by atoms with van der Waals surface area (Å²) in [5.41, 5.74) is 4.14. The average Bonchev–Trinajstić information content (AvgIpc) is 3.03. The summed E-state index contributed by atoms with van der Waals surface area (Å²) in [5.74, 6) is 0. The molecule has 0 bridgehead atoms. The molecule has 1 nitrogen and oxygen atoms in total. The Kier molecular flexibility index (Phi) is 2.66. The van der Waals surface area contributed by atoms with Crippen molar-refractivity contribution >= 4 is 17.0 Å². The third-order valence-electron chi connectivity index (χ3n) is 3.18. The third-order valence-corrected chi connectivity index (χ3v) is 3.87. The number of para-hydroxylation sites is 1. The number of hydrogen-bond acceptors (Lipinski definition) is 2. The zero-order chi connectivity index (χ0) is 10.8. The van der Waals surface area contributed by atoms with Gasteiger partial charge in [0, 0.05) is 24.3 Å². The first kappa shape index (κ1) is 9.91. The molecular weight excluding hydrogens is 214 g/mol. The van der Waals surface area contributed by atoms with Crippen molar-refractivity contribution in [1.29, 1.82) is 0 Å². The van der Waals surface area contributed by atoms with Gasteiger partial charge in [-0.1, -0.05) is 18.2 Å². The molecule has 0 N–H and O–H groups in total. The molecule has 16 heavy (non-hydrogen) atoms. The Morgan fingerprint density at radius 1 is 1.00 bits per heavy atom. The summed E-state index contributed by atoms with van der Waals surface area (Å²) in [4.78, 5) is 2.51.